The summed E-state index contributed by atoms with van der Waals surface area (Å²) >= 11 is 1.24. The molecule has 8 heteroatoms. The third-order valence-corrected chi connectivity index (χ3v) is 3.60. The summed E-state index contributed by atoms with van der Waals surface area (Å²) in [5.41, 5.74) is 2.03. The minimum Gasteiger partial charge on any atom is -0.360 e. The molecule has 0 unspecified atom stereocenters. The highest BCUT2D eigenvalue weighted by Gasteiger charge is 2.13. The second-order valence-electron chi connectivity index (χ2n) is 4.00. The summed E-state index contributed by atoms with van der Waals surface area (Å²) in [6.45, 7) is 5.12. The zero-order valence-electron chi connectivity index (χ0n) is 11.1. The summed E-state index contributed by atoms with van der Waals surface area (Å²) in [5, 5.41) is 18.7. The molecule has 0 fully saturated rings. The Hall–Kier alpha value is -1.96. The maximum absolute atomic E-state index is 11.9. The SMILES string of the molecule is CCNc1nnc(C(=O)NCc2cnn(C)c2C)s1. The van der Waals surface area contributed by atoms with Gasteiger partial charge in [-0.1, -0.05) is 11.3 Å². The molecule has 0 saturated heterocycles. The van der Waals surface area contributed by atoms with Crippen molar-refractivity contribution >= 4 is 22.4 Å². The monoisotopic (exact) mass is 280 g/mol. The molecule has 0 aliphatic rings. The molecule has 0 aliphatic carbocycles. The Kier molecular flexibility index (Phi) is 4.10. The van der Waals surface area contributed by atoms with Crippen LogP contribution in [0.1, 0.15) is 28.0 Å². The number of carbonyl (C=O) groups excluding carboxylic acids is 1. The first kappa shape index (κ1) is 13.5. The lowest BCUT2D eigenvalue weighted by Gasteiger charge is -2.02. The molecule has 0 saturated carbocycles. The Labute approximate surface area is 115 Å². The van der Waals surface area contributed by atoms with E-state index in [0.717, 1.165) is 17.8 Å². The van der Waals surface area contributed by atoms with Gasteiger partial charge in [-0.25, -0.2) is 0 Å². The third-order valence-electron chi connectivity index (χ3n) is 2.72. The molecule has 102 valence electrons. The van der Waals surface area contributed by atoms with E-state index in [-0.39, 0.29) is 5.91 Å². The first-order valence-corrected chi connectivity index (χ1v) is 6.76. The van der Waals surface area contributed by atoms with Crippen LogP contribution < -0.4 is 10.6 Å². The average molecular weight is 280 g/mol. The average Bonchev–Trinajstić information content (AvgIpc) is 2.97. The van der Waals surface area contributed by atoms with E-state index in [4.69, 9.17) is 0 Å². The van der Waals surface area contributed by atoms with Gasteiger partial charge in [0.05, 0.1) is 6.20 Å². The van der Waals surface area contributed by atoms with Gasteiger partial charge in [-0.05, 0) is 13.8 Å². The van der Waals surface area contributed by atoms with Crippen molar-refractivity contribution in [3.05, 3.63) is 22.5 Å². The molecule has 0 radical (unpaired) electrons. The van der Waals surface area contributed by atoms with Crippen molar-refractivity contribution in [1.29, 1.82) is 0 Å². The van der Waals surface area contributed by atoms with Crippen molar-refractivity contribution in [2.45, 2.75) is 20.4 Å². The second-order valence-corrected chi connectivity index (χ2v) is 4.98. The number of nitrogens with one attached hydrogen (secondary N) is 2. The van der Waals surface area contributed by atoms with Gasteiger partial charge in [0.1, 0.15) is 0 Å². The molecule has 2 rings (SSSR count). The highest BCUT2D eigenvalue weighted by molar-refractivity contribution is 7.17. The van der Waals surface area contributed by atoms with Gasteiger partial charge >= 0.3 is 0 Å². The van der Waals surface area contributed by atoms with E-state index in [9.17, 15) is 4.79 Å². The van der Waals surface area contributed by atoms with Crippen molar-refractivity contribution in [1.82, 2.24) is 25.3 Å². The fourth-order valence-corrected chi connectivity index (χ4v) is 2.23. The smallest absolute Gasteiger partial charge is 0.282 e. The summed E-state index contributed by atoms with van der Waals surface area (Å²) in [4.78, 5) is 11.9. The van der Waals surface area contributed by atoms with Gasteiger partial charge in [0, 0.05) is 31.4 Å². The van der Waals surface area contributed by atoms with Gasteiger partial charge in [-0.3, -0.25) is 9.48 Å². The third kappa shape index (κ3) is 3.08. The highest BCUT2D eigenvalue weighted by Crippen LogP contribution is 2.14. The molecule has 0 atom stereocenters. The fraction of sp³-hybridized carbons (Fsp3) is 0.455. The van der Waals surface area contributed by atoms with Crippen LogP contribution in [0.4, 0.5) is 5.13 Å². The number of rotatable bonds is 5. The van der Waals surface area contributed by atoms with Crippen molar-refractivity contribution in [3.63, 3.8) is 0 Å². The van der Waals surface area contributed by atoms with E-state index in [1.165, 1.54) is 11.3 Å². The number of hydrogen-bond acceptors (Lipinski definition) is 6. The molecule has 0 aromatic carbocycles. The standard InChI is InChI=1S/C11H16N6OS/c1-4-12-11-16-15-10(19-11)9(18)13-5-8-6-14-17(3)7(8)2/h6H,4-5H2,1-3H3,(H,12,16)(H,13,18). The van der Waals surface area contributed by atoms with Crippen LogP contribution in [0.15, 0.2) is 6.20 Å². The molecule has 2 aromatic rings. The summed E-state index contributed by atoms with van der Waals surface area (Å²) < 4.78 is 1.77. The summed E-state index contributed by atoms with van der Waals surface area (Å²) in [7, 11) is 1.87. The summed E-state index contributed by atoms with van der Waals surface area (Å²) in [5.74, 6) is -0.218. The largest absolute Gasteiger partial charge is 0.360 e. The van der Waals surface area contributed by atoms with Crippen molar-refractivity contribution in [2.75, 3.05) is 11.9 Å². The second kappa shape index (κ2) is 5.79. The summed E-state index contributed by atoms with van der Waals surface area (Å²) in [6, 6.07) is 0. The normalized spacial score (nSPS) is 10.5. The van der Waals surface area contributed by atoms with Crippen LogP contribution in [0.25, 0.3) is 0 Å². The molecule has 0 aliphatic heterocycles. The van der Waals surface area contributed by atoms with E-state index in [1.54, 1.807) is 10.9 Å². The quantitative estimate of drug-likeness (QED) is 0.851. The lowest BCUT2D eigenvalue weighted by atomic mass is 10.2. The van der Waals surface area contributed by atoms with Gasteiger partial charge in [0.25, 0.3) is 5.91 Å². The number of amides is 1. The minimum absolute atomic E-state index is 0.218. The van der Waals surface area contributed by atoms with Crippen LogP contribution in [-0.4, -0.2) is 32.4 Å². The van der Waals surface area contributed by atoms with Crippen LogP contribution in [0.3, 0.4) is 0 Å². The highest BCUT2D eigenvalue weighted by atomic mass is 32.1. The predicted octanol–water partition coefficient (Wildman–Crippen LogP) is 0.942. The van der Waals surface area contributed by atoms with Crippen LogP contribution in [0.5, 0.6) is 0 Å². The number of aryl methyl sites for hydroxylation is 1. The number of carbonyl (C=O) groups is 1. The Morgan fingerprint density at radius 2 is 2.26 bits per heavy atom. The molecular weight excluding hydrogens is 264 g/mol. The van der Waals surface area contributed by atoms with Gasteiger partial charge in [-0.15, -0.1) is 10.2 Å². The fourth-order valence-electron chi connectivity index (χ4n) is 1.51. The first-order valence-electron chi connectivity index (χ1n) is 5.95. The minimum atomic E-state index is -0.218. The van der Waals surface area contributed by atoms with Crippen LogP contribution in [0, 0.1) is 6.92 Å². The molecule has 2 aromatic heterocycles. The van der Waals surface area contributed by atoms with E-state index in [1.807, 2.05) is 20.9 Å². The number of nitrogens with zero attached hydrogens (tertiary/aromatic N) is 4. The van der Waals surface area contributed by atoms with E-state index >= 15 is 0 Å². The Morgan fingerprint density at radius 1 is 1.47 bits per heavy atom. The van der Waals surface area contributed by atoms with Gasteiger partial charge < -0.3 is 10.6 Å². The number of aromatic nitrogens is 4. The number of anilines is 1. The van der Waals surface area contributed by atoms with Gasteiger partial charge in [0.2, 0.25) is 10.1 Å². The van der Waals surface area contributed by atoms with Gasteiger partial charge in [-0.2, -0.15) is 5.10 Å². The molecule has 19 heavy (non-hydrogen) atoms. The Morgan fingerprint density at radius 3 is 2.89 bits per heavy atom. The zero-order chi connectivity index (χ0) is 13.8. The van der Waals surface area contributed by atoms with E-state index in [0.29, 0.717) is 16.7 Å². The summed E-state index contributed by atoms with van der Waals surface area (Å²) in [6.07, 6.45) is 1.75. The lowest BCUT2D eigenvalue weighted by Crippen LogP contribution is -2.22. The molecule has 0 spiro atoms. The van der Waals surface area contributed by atoms with Crippen molar-refractivity contribution < 1.29 is 4.79 Å². The molecule has 2 N–H and O–H groups in total. The van der Waals surface area contributed by atoms with Crippen molar-refractivity contribution in [3.8, 4) is 0 Å². The predicted molar refractivity (Wildman–Crippen MR) is 73.2 cm³/mol. The molecule has 7 nitrogen and oxygen atoms in total. The Balaban J connectivity index is 1.95. The van der Waals surface area contributed by atoms with Crippen LogP contribution in [-0.2, 0) is 13.6 Å². The van der Waals surface area contributed by atoms with Crippen molar-refractivity contribution in [2.24, 2.45) is 7.05 Å². The molecule has 1 amide bonds. The van der Waals surface area contributed by atoms with E-state index < -0.39 is 0 Å². The number of hydrogen-bond donors (Lipinski definition) is 2. The first-order chi connectivity index (χ1) is 9.11. The molecule has 2 heterocycles. The maximum Gasteiger partial charge on any atom is 0.282 e. The maximum atomic E-state index is 11.9. The molecular formula is C11H16N6OS. The topological polar surface area (TPSA) is 84.7 Å². The van der Waals surface area contributed by atoms with Crippen LogP contribution in [0.2, 0.25) is 0 Å². The zero-order valence-corrected chi connectivity index (χ0v) is 11.9. The molecule has 0 bridgehead atoms. The van der Waals surface area contributed by atoms with E-state index in [2.05, 4.69) is 25.9 Å². The van der Waals surface area contributed by atoms with Gasteiger partial charge in [0.15, 0.2) is 0 Å². The Bertz CT molecular complexity index is 576. The lowest BCUT2D eigenvalue weighted by molar-refractivity contribution is 0.0950. The van der Waals surface area contributed by atoms with Crippen LogP contribution >= 0.6 is 11.3 Å².